The molecule has 28 heavy (non-hydrogen) atoms. The zero-order valence-electron chi connectivity index (χ0n) is 16.5. The van der Waals surface area contributed by atoms with Gasteiger partial charge in [-0.05, 0) is 42.9 Å². The number of carbonyl (C=O) groups excluding carboxylic acids is 1. The lowest BCUT2D eigenvalue weighted by Gasteiger charge is -2.20. The van der Waals surface area contributed by atoms with Gasteiger partial charge in [-0.15, -0.1) is 11.3 Å². The van der Waals surface area contributed by atoms with Crippen LogP contribution >= 0.6 is 11.3 Å². The van der Waals surface area contributed by atoms with Crippen LogP contribution in [0.25, 0.3) is 0 Å². The predicted molar refractivity (Wildman–Crippen MR) is 109 cm³/mol. The average molecular weight is 401 g/mol. The van der Waals surface area contributed by atoms with Crippen molar-refractivity contribution in [3.05, 3.63) is 33.7 Å². The van der Waals surface area contributed by atoms with E-state index in [1.807, 2.05) is 0 Å². The third-order valence-electron chi connectivity index (χ3n) is 5.21. The largest absolute Gasteiger partial charge is 0.493 e. The summed E-state index contributed by atoms with van der Waals surface area (Å²) in [5.41, 5.74) is 2.06. The zero-order chi connectivity index (χ0) is 20.3. The Hall–Kier alpha value is -2.72. The number of nitrogens with zero attached hydrogens (tertiary/aromatic N) is 1. The molecule has 1 aliphatic carbocycles. The highest BCUT2D eigenvalue weighted by Crippen LogP contribution is 2.41. The predicted octanol–water partition coefficient (Wildman–Crippen LogP) is 4.41. The van der Waals surface area contributed by atoms with E-state index in [0.717, 1.165) is 31.2 Å². The number of amides is 1. The van der Waals surface area contributed by atoms with Gasteiger partial charge in [0.25, 0.3) is 5.91 Å². The lowest BCUT2D eigenvalue weighted by atomic mass is 9.86. The lowest BCUT2D eigenvalue weighted by molar-refractivity contribution is 0.102. The Morgan fingerprint density at radius 2 is 1.93 bits per heavy atom. The molecule has 0 saturated carbocycles. The fourth-order valence-electron chi connectivity index (χ4n) is 3.60. The number of ether oxygens (including phenoxy) is 3. The van der Waals surface area contributed by atoms with E-state index in [1.165, 1.54) is 37.5 Å². The monoisotopic (exact) mass is 400 g/mol. The average Bonchev–Trinajstić information content (AvgIpc) is 3.08. The van der Waals surface area contributed by atoms with Crippen molar-refractivity contribution in [2.75, 3.05) is 26.6 Å². The molecule has 6 nitrogen and oxygen atoms in total. The number of fused-ring (bicyclic) bond motifs is 1. The molecule has 1 unspecified atom stereocenters. The smallest absolute Gasteiger partial charge is 0.256 e. The summed E-state index contributed by atoms with van der Waals surface area (Å²) in [6.45, 7) is 2.20. The Bertz CT molecular complexity index is 904. The van der Waals surface area contributed by atoms with Crippen molar-refractivity contribution in [2.24, 2.45) is 5.92 Å². The van der Waals surface area contributed by atoms with E-state index in [2.05, 4.69) is 18.3 Å². The molecule has 0 fully saturated rings. The topological polar surface area (TPSA) is 80.6 Å². The van der Waals surface area contributed by atoms with Gasteiger partial charge in [0.15, 0.2) is 11.5 Å². The van der Waals surface area contributed by atoms with Gasteiger partial charge in [-0.2, -0.15) is 5.26 Å². The van der Waals surface area contributed by atoms with Crippen LogP contribution in [0, 0.1) is 17.2 Å². The number of carbonyl (C=O) groups is 1. The summed E-state index contributed by atoms with van der Waals surface area (Å²) in [5.74, 6) is 1.57. The van der Waals surface area contributed by atoms with Crippen LogP contribution in [0.4, 0.5) is 5.00 Å². The van der Waals surface area contributed by atoms with Crippen LogP contribution in [0.1, 0.15) is 46.1 Å². The summed E-state index contributed by atoms with van der Waals surface area (Å²) in [7, 11) is 4.52. The number of thiophene rings is 1. The summed E-state index contributed by atoms with van der Waals surface area (Å²) >= 11 is 1.51. The van der Waals surface area contributed by atoms with Gasteiger partial charge in [0, 0.05) is 10.4 Å². The summed E-state index contributed by atoms with van der Waals surface area (Å²) in [5, 5.41) is 13.2. The molecule has 1 amide bonds. The Morgan fingerprint density at radius 3 is 2.46 bits per heavy atom. The number of hydrogen-bond donors (Lipinski definition) is 1. The molecule has 1 heterocycles. The second-order valence-electron chi connectivity index (χ2n) is 6.70. The number of methoxy groups -OCH3 is 3. The molecule has 1 aromatic carbocycles. The Balaban J connectivity index is 1.92. The number of anilines is 1. The van der Waals surface area contributed by atoms with E-state index in [1.54, 1.807) is 12.1 Å². The lowest BCUT2D eigenvalue weighted by Crippen LogP contribution is -2.13. The van der Waals surface area contributed by atoms with Gasteiger partial charge in [-0.25, -0.2) is 0 Å². The number of nitriles is 1. The SMILES string of the molecule is CCC1CCc2c(sc(NC(=O)c3cc(OC)c(OC)c(OC)c3)c2C#N)C1. The molecule has 1 aliphatic rings. The van der Waals surface area contributed by atoms with Gasteiger partial charge in [0.05, 0.1) is 26.9 Å². The minimum Gasteiger partial charge on any atom is -0.493 e. The molecule has 0 aliphatic heterocycles. The van der Waals surface area contributed by atoms with Gasteiger partial charge in [0.1, 0.15) is 11.1 Å². The van der Waals surface area contributed by atoms with Gasteiger partial charge in [0.2, 0.25) is 5.75 Å². The molecule has 1 aromatic heterocycles. The highest BCUT2D eigenvalue weighted by Gasteiger charge is 2.26. The molecule has 1 atom stereocenters. The zero-order valence-corrected chi connectivity index (χ0v) is 17.4. The second-order valence-corrected chi connectivity index (χ2v) is 7.81. The van der Waals surface area contributed by atoms with E-state index in [-0.39, 0.29) is 5.91 Å². The van der Waals surface area contributed by atoms with Gasteiger partial charge in [-0.1, -0.05) is 13.3 Å². The molecule has 7 heteroatoms. The fourth-order valence-corrected chi connectivity index (χ4v) is 4.90. The van der Waals surface area contributed by atoms with Crippen LogP contribution in [0.15, 0.2) is 12.1 Å². The molecule has 0 radical (unpaired) electrons. The van der Waals surface area contributed by atoms with E-state index in [0.29, 0.717) is 39.3 Å². The van der Waals surface area contributed by atoms with Crippen molar-refractivity contribution in [1.82, 2.24) is 0 Å². The van der Waals surface area contributed by atoms with Crippen molar-refractivity contribution in [3.63, 3.8) is 0 Å². The first-order valence-electron chi connectivity index (χ1n) is 9.22. The standard InChI is InChI=1S/C21H24N2O4S/c1-5-12-6-7-14-15(11-22)21(28-18(14)8-12)23-20(24)13-9-16(25-2)19(27-4)17(10-13)26-3/h9-10,12H,5-8H2,1-4H3,(H,23,24). The van der Waals surface area contributed by atoms with E-state index in [9.17, 15) is 10.1 Å². The maximum atomic E-state index is 12.9. The molecular formula is C21H24N2O4S. The first-order chi connectivity index (χ1) is 13.6. The van der Waals surface area contributed by atoms with Crippen molar-refractivity contribution >= 4 is 22.2 Å². The van der Waals surface area contributed by atoms with Crippen molar-refractivity contribution in [2.45, 2.75) is 32.6 Å². The number of benzene rings is 1. The van der Waals surface area contributed by atoms with Crippen LogP contribution in [-0.4, -0.2) is 27.2 Å². The summed E-state index contributed by atoms with van der Waals surface area (Å²) in [4.78, 5) is 14.1. The second kappa shape index (κ2) is 8.53. The van der Waals surface area contributed by atoms with Crippen LogP contribution in [0.3, 0.4) is 0 Å². The Kier molecular flexibility index (Phi) is 6.10. The summed E-state index contributed by atoms with van der Waals surface area (Å²) < 4.78 is 15.9. The van der Waals surface area contributed by atoms with Gasteiger partial charge < -0.3 is 19.5 Å². The minimum atomic E-state index is -0.318. The maximum absolute atomic E-state index is 12.9. The molecule has 148 valence electrons. The third-order valence-corrected chi connectivity index (χ3v) is 6.38. The molecular weight excluding hydrogens is 376 g/mol. The van der Waals surface area contributed by atoms with Gasteiger partial charge in [-0.3, -0.25) is 4.79 Å². The number of nitrogens with one attached hydrogen (secondary N) is 1. The molecule has 3 rings (SSSR count). The Labute approximate surface area is 169 Å². The molecule has 2 aromatic rings. The fraction of sp³-hybridized carbons (Fsp3) is 0.429. The normalized spacial score (nSPS) is 15.3. The van der Waals surface area contributed by atoms with E-state index in [4.69, 9.17) is 14.2 Å². The van der Waals surface area contributed by atoms with Crippen LogP contribution in [0.2, 0.25) is 0 Å². The highest BCUT2D eigenvalue weighted by molar-refractivity contribution is 7.16. The van der Waals surface area contributed by atoms with Crippen molar-refractivity contribution < 1.29 is 19.0 Å². The number of hydrogen-bond acceptors (Lipinski definition) is 6. The van der Waals surface area contributed by atoms with Gasteiger partial charge >= 0.3 is 0 Å². The number of rotatable bonds is 6. The first kappa shape index (κ1) is 20.0. The molecule has 1 N–H and O–H groups in total. The molecule has 0 saturated heterocycles. The van der Waals surface area contributed by atoms with E-state index < -0.39 is 0 Å². The Morgan fingerprint density at radius 1 is 1.25 bits per heavy atom. The van der Waals surface area contributed by atoms with Crippen LogP contribution in [0.5, 0.6) is 17.2 Å². The third kappa shape index (κ3) is 3.65. The van der Waals surface area contributed by atoms with E-state index >= 15 is 0 Å². The highest BCUT2D eigenvalue weighted by atomic mass is 32.1. The summed E-state index contributed by atoms with van der Waals surface area (Å²) in [6.07, 6.45) is 4.10. The van der Waals surface area contributed by atoms with Crippen LogP contribution < -0.4 is 19.5 Å². The summed E-state index contributed by atoms with van der Waals surface area (Å²) in [6, 6.07) is 5.48. The minimum absolute atomic E-state index is 0.318. The van der Waals surface area contributed by atoms with Crippen LogP contribution in [-0.2, 0) is 12.8 Å². The quantitative estimate of drug-likeness (QED) is 0.777. The molecule has 0 bridgehead atoms. The maximum Gasteiger partial charge on any atom is 0.256 e. The van der Waals surface area contributed by atoms with Crippen molar-refractivity contribution in [1.29, 1.82) is 5.26 Å². The van der Waals surface area contributed by atoms with Crippen molar-refractivity contribution in [3.8, 4) is 23.3 Å². The molecule has 0 spiro atoms. The first-order valence-corrected chi connectivity index (χ1v) is 10.0.